The molecule has 1 fully saturated rings. The maximum atomic E-state index is 12.7. The lowest BCUT2D eigenvalue weighted by molar-refractivity contribution is -0.137. The third-order valence-electron chi connectivity index (χ3n) is 3.75. The third kappa shape index (κ3) is 3.11. The molecular weight excluding hydrogens is 285 g/mol. The SMILES string of the molecule is Cc1cc(C(F)(F)F)cc(=O)n1C(C)C(=O)N1CCCC1. The van der Waals surface area contributed by atoms with Gasteiger partial charge in [-0.1, -0.05) is 0 Å². The van der Waals surface area contributed by atoms with Gasteiger partial charge >= 0.3 is 6.18 Å². The molecule has 2 heterocycles. The van der Waals surface area contributed by atoms with Crippen LogP contribution in [0.4, 0.5) is 13.2 Å². The number of carbonyl (C=O) groups excluding carboxylic acids is 1. The first-order valence-electron chi connectivity index (χ1n) is 6.81. The summed E-state index contributed by atoms with van der Waals surface area (Å²) >= 11 is 0. The molecule has 1 amide bonds. The van der Waals surface area contributed by atoms with Crippen LogP contribution < -0.4 is 5.56 Å². The van der Waals surface area contributed by atoms with Gasteiger partial charge in [0.2, 0.25) is 5.91 Å². The van der Waals surface area contributed by atoms with E-state index in [2.05, 4.69) is 0 Å². The van der Waals surface area contributed by atoms with Crippen molar-refractivity contribution in [1.29, 1.82) is 0 Å². The van der Waals surface area contributed by atoms with Crippen LogP contribution in [0.15, 0.2) is 16.9 Å². The molecule has 1 unspecified atom stereocenters. The number of alkyl halides is 3. The third-order valence-corrected chi connectivity index (χ3v) is 3.75. The summed E-state index contributed by atoms with van der Waals surface area (Å²) in [6.07, 6.45) is -2.73. The number of likely N-dealkylation sites (tertiary alicyclic amines) is 1. The standard InChI is InChI=1S/C14H17F3N2O2/c1-9-7-11(14(15,16)17)8-12(20)19(9)10(2)13(21)18-5-3-4-6-18/h7-8,10H,3-6H2,1-2H3. The van der Waals surface area contributed by atoms with Gasteiger partial charge in [0.25, 0.3) is 5.56 Å². The molecule has 1 aromatic heterocycles. The fourth-order valence-electron chi connectivity index (χ4n) is 2.68. The highest BCUT2D eigenvalue weighted by Crippen LogP contribution is 2.29. The molecule has 0 saturated carbocycles. The van der Waals surface area contributed by atoms with Crippen molar-refractivity contribution >= 4 is 5.91 Å². The Morgan fingerprint density at radius 2 is 1.81 bits per heavy atom. The molecule has 0 spiro atoms. The van der Waals surface area contributed by atoms with Gasteiger partial charge in [-0.25, -0.2) is 0 Å². The van der Waals surface area contributed by atoms with Crippen LogP contribution in [-0.4, -0.2) is 28.5 Å². The van der Waals surface area contributed by atoms with Crippen LogP contribution in [0, 0.1) is 6.92 Å². The van der Waals surface area contributed by atoms with E-state index in [-0.39, 0.29) is 11.6 Å². The van der Waals surface area contributed by atoms with Crippen molar-refractivity contribution in [2.24, 2.45) is 0 Å². The van der Waals surface area contributed by atoms with Crippen LogP contribution in [0.1, 0.15) is 37.1 Å². The first-order valence-corrected chi connectivity index (χ1v) is 6.81. The summed E-state index contributed by atoms with van der Waals surface area (Å²) in [6.45, 7) is 4.22. The zero-order valence-electron chi connectivity index (χ0n) is 11.9. The van der Waals surface area contributed by atoms with Crippen molar-refractivity contribution in [2.75, 3.05) is 13.1 Å². The van der Waals surface area contributed by atoms with Gasteiger partial charge in [0.05, 0.1) is 5.56 Å². The molecule has 0 radical (unpaired) electrons. The minimum Gasteiger partial charge on any atom is -0.341 e. The van der Waals surface area contributed by atoms with Gasteiger partial charge in [-0.2, -0.15) is 13.2 Å². The Balaban J connectivity index is 2.35. The summed E-state index contributed by atoms with van der Waals surface area (Å²) in [5.41, 5.74) is -1.65. The number of hydrogen-bond donors (Lipinski definition) is 0. The van der Waals surface area contributed by atoms with Crippen molar-refractivity contribution in [2.45, 2.75) is 38.9 Å². The van der Waals surface area contributed by atoms with Crippen molar-refractivity contribution < 1.29 is 18.0 Å². The van der Waals surface area contributed by atoms with E-state index in [9.17, 15) is 22.8 Å². The molecule has 0 aliphatic carbocycles. The number of halogens is 3. The summed E-state index contributed by atoms with van der Waals surface area (Å²) in [4.78, 5) is 25.9. The second kappa shape index (κ2) is 5.54. The van der Waals surface area contributed by atoms with Gasteiger partial charge in [0.15, 0.2) is 0 Å². The molecule has 7 heteroatoms. The van der Waals surface area contributed by atoms with Gasteiger partial charge < -0.3 is 9.47 Å². The second-order valence-corrected chi connectivity index (χ2v) is 5.30. The highest BCUT2D eigenvalue weighted by molar-refractivity contribution is 5.80. The number of hydrogen-bond acceptors (Lipinski definition) is 2. The van der Waals surface area contributed by atoms with E-state index in [1.54, 1.807) is 11.8 Å². The number of amides is 1. The first-order chi connectivity index (χ1) is 9.71. The topological polar surface area (TPSA) is 42.3 Å². The minimum atomic E-state index is -4.56. The van der Waals surface area contributed by atoms with Crippen LogP contribution >= 0.6 is 0 Å². The molecule has 4 nitrogen and oxygen atoms in total. The van der Waals surface area contributed by atoms with E-state index < -0.39 is 23.3 Å². The number of rotatable bonds is 2. The maximum Gasteiger partial charge on any atom is 0.416 e. The predicted molar refractivity (Wildman–Crippen MR) is 71.0 cm³/mol. The summed E-state index contributed by atoms with van der Waals surface area (Å²) in [6, 6.07) is 0.647. The lowest BCUT2D eigenvalue weighted by Gasteiger charge is -2.24. The molecule has 0 N–H and O–H groups in total. The van der Waals surface area contributed by atoms with E-state index in [1.807, 2.05) is 0 Å². The molecule has 116 valence electrons. The van der Waals surface area contributed by atoms with Crippen LogP contribution in [0.2, 0.25) is 0 Å². The van der Waals surface area contributed by atoms with Crippen LogP contribution in [-0.2, 0) is 11.0 Å². The summed E-state index contributed by atoms with van der Waals surface area (Å²) in [5.74, 6) is -0.225. The Morgan fingerprint density at radius 3 is 2.29 bits per heavy atom. The normalized spacial score (nSPS) is 17.1. The van der Waals surface area contributed by atoms with Crippen LogP contribution in [0.3, 0.4) is 0 Å². The molecule has 1 atom stereocenters. The van der Waals surface area contributed by atoms with E-state index >= 15 is 0 Å². The molecule has 1 aromatic rings. The second-order valence-electron chi connectivity index (χ2n) is 5.30. The monoisotopic (exact) mass is 302 g/mol. The fraction of sp³-hybridized carbons (Fsp3) is 0.571. The molecule has 0 aromatic carbocycles. The highest BCUT2D eigenvalue weighted by atomic mass is 19.4. The Bertz CT molecular complexity index is 601. The largest absolute Gasteiger partial charge is 0.416 e. The zero-order valence-corrected chi connectivity index (χ0v) is 11.9. The van der Waals surface area contributed by atoms with Gasteiger partial charge in [0.1, 0.15) is 6.04 Å². The van der Waals surface area contributed by atoms with Crippen molar-refractivity contribution in [1.82, 2.24) is 9.47 Å². The molecule has 21 heavy (non-hydrogen) atoms. The van der Waals surface area contributed by atoms with Crippen LogP contribution in [0.5, 0.6) is 0 Å². The molecule has 1 aliphatic heterocycles. The average Bonchev–Trinajstić information content (AvgIpc) is 2.89. The predicted octanol–water partition coefficient (Wildman–Crippen LogP) is 2.36. The first kappa shape index (κ1) is 15.6. The lowest BCUT2D eigenvalue weighted by atomic mass is 10.2. The number of aryl methyl sites for hydroxylation is 1. The van der Waals surface area contributed by atoms with Crippen molar-refractivity contribution in [3.8, 4) is 0 Å². The van der Waals surface area contributed by atoms with Gasteiger partial charge in [-0.3, -0.25) is 9.59 Å². The minimum absolute atomic E-state index is 0.134. The Hall–Kier alpha value is -1.79. The summed E-state index contributed by atoms with van der Waals surface area (Å²) < 4.78 is 39.1. The molecule has 1 saturated heterocycles. The Kier molecular flexibility index (Phi) is 4.11. The molecule has 2 rings (SSSR count). The van der Waals surface area contributed by atoms with Gasteiger partial charge in [-0.15, -0.1) is 0 Å². The Labute approximate surface area is 120 Å². The highest BCUT2D eigenvalue weighted by Gasteiger charge is 2.33. The zero-order chi connectivity index (χ0) is 15.8. The smallest absolute Gasteiger partial charge is 0.341 e. The average molecular weight is 302 g/mol. The number of aromatic nitrogens is 1. The van der Waals surface area contributed by atoms with Gasteiger partial charge in [-0.05, 0) is 32.8 Å². The Morgan fingerprint density at radius 1 is 1.24 bits per heavy atom. The number of carbonyl (C=O) groups is 1. The fourth-order valence-corrected chi connectivity index (χ4v) is 2.68. The van der Waals surface area contributed by atoms with E-state index in [0.717, 1.165) is 23.5 Å². The van der Waals surface area contributed by atoms with E-state index in [4.69, 9.17) is 0 Å². The quantitative estimate of drug-likeness (QED) is 0.841. The number of pyridine rings is 1. The summed E-state index contributed by atoms with van der Waals surface area (Å²) in [7, 11) is 0. The van der Waals surface area contributed by atoms with Gasteiger partial charge in [0, 0.05) is 24.8 Å². The van der Waals surface area contributed by atoms with Crippen molar-refractivity contribution in [3.63, 3.8) is 0 Å². The maximum absolute atomic E-state index is 12.7. The van der Waals surface area contributed by atoms with E-state index in [1.165, 1.54) is 6.92 Å². The lowest BCUT2D eigenvalue weighted by Crippen LogP contribution is -2.38. The molecular formula is C14H17F3N2O2. The number of nitrogens with zero attached hydrogens (tertiary/aromatic N) is 2. The van der Waals surface area contributed by atoms with E-state index in [0.29, 0.717) is 19.2 Å². The molecule has 1 aliphatic rings. The van der Waals surface area contributed by atoms with Crippen LogP contribution in [0.25, 0.3) is 0 Å². The molecule has 0 bridgehead atoms. The summed E-state index contributed by atoms with van der Waals surface area (Å²) in [5, 5.41) is 0. The van der Waals surface area contributed by atoms with Crippen molar-refractivity contribution in [3.05, 3.63) is 33.7 Å².